The summed E-state index contributed by atoms with van der Waals surface area (Å²) in [6, 6.07) is 3.23. The predicted octanol–water partition coefficient (Wildman–Crippen LogP) is 3.00. The molecule has 0 aromatic heterocycles. The molecule has 1 fully saturated rings. The third-order valence-electron chi connectivity index (χ3n) is 3.54. The van der Waals surface area contributed by atoms with Crippen LogP contribution in [0.3, 0.4) is 0 Å². The molecule has 0 spiro atoms. The molecule has 2 rings (SSSR count). The average Bonchev–Trinajstić information content (AvgIpc) is 2.76. The van der Waals surface area contributed by atoms with Crippen LogP contribution in [0.4, 0.5) is 4.79 Å². The van der Waals surface area contributed by atoms with E-state index in [1.165, 1.54) is 7.05 Å². The van der Waals surface area contributed by atoms with Gasteiger partial charge in [0.15, 0.2) is 11.5 Å². The Morgan fingerprint density at radius 2 is 2.09 bits per heavy atom. The lowest BCUT2D eigenvalue weighted by Gasteiger charge is -2.17. The lowest BCUT2D eigenvalue weighted by molar-refractivity contribution is -0.121. The van der Waals surface area contributed by atoms with Crippen LogP contribution in [0, 0.1) is 3.57 Å². The highest BCUT2D eigenvalue weighted by Gasteiger charge is 2.30. The van der Waals surface area contributed by atoms with Gasteiger partial charge < -0.3 is 14.8 Å². The smallest absolute Gasteiger partial charge is 0.328 e. The fourth-order valence-corrected chi connectivity index (χ4v) is 2.76. The van der Waals surface area contributed by atoms with E-state index in [1.54, 1.807) is 19.3 Å². The summed E-state index contributed by atoms with van der Waals surface area (Å²) >= 11 is 2.17. The molecular weight excluding hydrogens is 411 g/mol. The molecule has 0 aliphatic carbocycles. The first-order valence-electron chi connectivity index (χ1n) is 7.22. The number of likely N-dealkylation sites (N-methyl/N-ethyl adjacent to an activating group) is 1. The van der Waals surface area contributed by atoms with Gasteiger partial charge in [-0.25, -0.2) is 4.79 Å². The Balaban J connectivity index is 2.37. The summed E-state index contributed by atoms with van der Waals surface area (Å²) in [7, 11) is 3.01. The first kappa shape index (κ1) is 17.6. The van der Waals surface area contributed by atoms with Gasteiger partial charge in [-0.15, -0.1) is 0 Å². The van der Waals surface area contributed by atoms with Crippen LogP contribution in [0.25, 0.3) is 6.08 Å². The van der Waals surface area contributed by atoms with Crippen molar-refractivity contribution in [3.63, 3.8) is 0 Å². The number of imide groups is 1. The molecule has 1 aromatic carbocycles. The van der Waals surface area contributed by atoms with E-state index in [2.05, 4.69) is 27.9 Å². The van der Waals surface area contributed by atoms with E-state index in [0.29, 0.717) is 11.5 Å². The SMILES string of the molecule is CC[C@@H](C)Oc1c(I)cc(/C=C2/NC(=O)N(C)C2=O)cc1OC. The lowest BCUT2D eigenvalue weighted by Crippen LogP contribution is -2.25. The summed E-state index contributed by atoms with van der Waals surface area (Å²) in [5, 5.41) is 2.54. The number of rotatable bonds is 5. The number of urea groups is 1. The monoisotopic (exact) mass is 430 g/mol. The molecule has 23 heavy (non-hydrogen) atoms. The number of ether oxygens (including phenoxy) is 2. The molecule has 1 aliphatic heterocycles. The third-order valence-corrected chi connectivity index (χ3v) is 4.34. The Bertz CT molecular complexity index is 672. The molecule has 1 N–H and O–H groups in total. The number of amides is 3. The minimum Gasteiger partial charge on any atom is -0.493 e. The predicted molar refractivity (Wildman–Crippen MR) is 95.4 cm³/mol. The van der Waals surface area contributed by atoms with Gasteiger partial charge in [0.2, 0.25) is 0 Å². The Morgan fingerprint density at radius 3 is 2.61 bits per heavy atom. The maximum absolute atomic E-state index is 11.9. The van der Waals surface area contributed by atoms with Gasteiger partial charge >= 0.3 is 6.03 Å². The number of halogens is 1. The summed E-state index contributed by atoms with van der Waals surface area (Å²) in [6.07, 6.45) is 2.59. The molecule has 3 amide bonds. The number of benzene rings is 1. The molecule has 0 unspecified atom stereocenters. The lowest BCUT2D eigenvalue weighted by atomic mass is 10.1. The van der Waals surface area contributed by atoms with Crippen LogP contribution < -0.4 is 14.8 Å². The summed E-state index contributed by atoms with van der Waals surface area (Å²) in [4.78, 5) is 24.5. The van der Waals surface area contributed by atoms with Gasteiger partial charge in [-0.1, -0.05) is 6.92 Å². The fraction of sp³-hybridized carbons (Fsp3) is 0.375. The van der Waals surface area contributed by atoms with Crippen molar-refractivity contribution in [1.29, 1.82) is 0 Å². The van der Waals surface area contributed by atoms with E-state index < -0.39 is 6.03 Å². The van der Waals surface area contributed by atoms with Gasteiger partial charge in [0.25, 0.3) is 5.91 Å². The summed E-state index contributed by atoms with van der Waals surface area (Å²) < 4.78 is 12.2. The molecule has 6 nitrogen and oxygen atoms in total. The van der Waals surface area contributed by atoms with Crippen LogP contribution in [0.2, 0.25) is 0 Å². The average molecular weight is 430 g/mol. The second-order valence-corrected chi connectivity index (χ2v) is 6.39. The van der Waals surface area contributed by atoms with Crippen LogP contribution >= 0.6 is 22.6 Å². The first-order valence-corrected chi connectivity index (χ1v) is 8.30. The van der Waals surface area contributed by atoms with Crippen LogP contribution in [0.15, 0.2) is 17.8 Å². The summed E-state index contributed by atoms with van der Waals surface area (Å²) in [6.45, 7) is 4.04. The quantitative estimate of drug-likeness (QED) is 0.443. The van der Waals surface area contributed by atoms with Crippen LogP contribution in [-0.2, 0) is 4.79 Å². The highest BCUT2D eigenvalue weighted by atomic mass is 127. The van der Waals surface area contributed by atoms with Crippen molar-refractivity contribution >= 4 is 40.6 Å². The minimum atomic E-state index is -0.431. The fourth-order valence-electron chi connectivity index (χ4n) is 2.01. The molecule has 124 valence electrons. The zero-order chi connectivity index (χ0) is 17.1. The Morgan fingerprint density at radius 1 is 1.39 bits per heavy atom. The van der Waals surface area contributed by atoms with Gasteiger partial charge in [-0.05, 0) is 59.7 Å². The number of nitrogens with one attached hydrogen (secondary N) is 1. The van der Waals surface area contributed by atoms with Gasteiger partial charge in [0.05, 0.1) is 16.8 Å². The standard InChI is InChI=1S/C16H19IN2O4/c1-5-9(2)23-14-11(17)6-10(8-13(14)22-4)7-12-15(20)19(3)16(21)18-12/h6-9H,5H2,1-4H3,(H,18,21)/b12-7+/t9-/m1/s1. The van der Waals surface area contributed by atoms with E-state index in [9.17, 15) is 9.59 Å². The Kier molecular flexibility index (Phi) is 5.51. The van der Waals surface area contributed by atoms with Gasteiger partial charge in [0.1, 0.15) is 5.70 Å². The first-order chi connectivity index (χ1) is 10.9. The summed E-state index contributed by atoms with van der Waals surface area (Å²) in [5.74, 6) is 0.918. The molecule has 1 aromatic rings. The molecule has 1 aliphatic rings. The van der Waals surface area contributed by atoms with Crippen molar-refractivity contribution < 1.29 is 19.1 Å². The van der Waals surface area contributed by atoms with E-state index in [1.807, 2.05) is 19.9 Å². The molecule has 1 heterocycles. The number of carbonyl (C=O) groups is 2. The van der Waals surface area contributed by atoms with Crippen molar-refractivity contribution in [2.24, 2.45) is 0 Å². The maximum Gasteiger partial charge on any atom is 0.328 e. The highest BCUT2D eigenvalue weighted by Crippen LogP contribution is 2.35. The van der Waals surface area contributed by atoms with Crippen molar-refractivity contribution in [2.45, 2.75) is 26.4 Å². The van der Waals surface area contributed by atoms with Crippen molar-refractivity contribution in [2.75, 3.05) is 14.2 Å². The second-order valence-electron chi connectivity index (χ2n) is 5.22. The van der Waals surface area contributed by atoms with E-state index in [-0.39, 0.29) is 17.7 Å². The number of methoxy groups -OCH3 is 1. The summed E-state index contributed by atoms with van der Waals surface area (Å²) in [5.41, 5.74) is 0.993. The minimum absolute atomic E-state index is 0.0750. The third kappa shape index (κ3) is 3.77. The number of hydrogen-bond donors (Lipinski definition) is 1. The van der Waals surface area contributed by atoms with Crippen molar-refractivity contribution in [1.82, 2.24) is 10.2 Å². The number of hydrogen-bond acceptors (Lipinski definition) is 4. The largest absolute Gasteiger partial charge is 0.493 e. The van der Waals surface area contributed by atoms with Gasteiger partial charge in [-0.3, -0.25) is 9.69 Å². The highest BCUT2D eigenvalue weighted by molar-refractivity contribution is 14.1. The normalized spacial score (nSPS) is 17.4. The van der Waals surface area contributed by atoms with Crippen LogP contribution in [-0.4, -0.2) is 37.1 Å². The molecule has 0 radical (unpaired) electrons. The molecule has 7 heteroatoms. The molecule has 0 bridgehead atoms. The van der Waals surface area contributed by atoms with Crippen molar-refractivity contribution in [3.05, 3.63) is 27.0 Å². The zero-order valence-corrected chi connectivity index (χ0v) is 15.6. The topological polar surface area (TPSA) is 67.9 Å². The van der Waals surface area contributed by atoms with E-state index in [4.69, 9.17) is 9.47 Å². The molecule has 0 saturated carbocycles. The van der Waals surface area contributed by atoms with Crippen LogP contribution in [0.1, 0.15) is 25.8 Å². The van der Waals surface area contributed by atoms with Crippen LogP contribution in [0.5, 0.6) is 11.5 Å². The maximum atomic E-state index is 11.9. The second kappa shape index (κ2) is 7.20. The Labute approximate surface area is 149 Å². The number of carbonyl (C=O) groups excluding carboxylic acids is 2. The van der Waals surface area contributed by atoms with Gasteiger partial charge in [-0.2, -0.15) is 0 Å². The van der Waals surface area contributed by atoms with Gasteiger partial charge in [0, 0.05) is 7.05 Å². The zero-order valence-electron chi connectivity index (χ0n) is 13.5. The van der Waals surface area contributed by atoms with E-state index in [0.717, 1.165) is 20.5 Å². The Hall–Kier alpha value is -1.77. The molecule has 1 saturated heterocycles. The van der Waals surface area contributed by atoms with Crippen molar-refractivity contribution in [3.8, 4) is 11.5 Å². The molecule has 1 atom stereocenters. The number of nitrogens with zero attached hydrogens (tertiary/aromatic N) is 1. The molecular formula is C16H19IN2O4. The van der Waals surface area contributed by atoms with E-state index >= 15 is 0 Å².